The number of nitrogens with zero attached hydrogens (tertiary/aromatic N) is 5. The van der Waals surface area contributed by atoms with Crippen molar-refractivity contribution in [1.29, 1.82) is 5.26 Å². The van der Waals surface area contributed by atoms with E-state index in [9.17, 15) is 10.1 Å². The number of aromatic nitrogens is 1. The number of nitriles is 1. The summed E-state index contributed by atoms with van der Waals surface area (Å²) in [6.07, 6.45) is 2.69. The zero-order chi connectivity index (χ0) is 20.2. The highest BCUT2D eigenvalue weighted by Gasteiger charge is 2.26. The maximum atomic E-state index is 12.7. The normalized spacial score (nSPS) is 18.8. The molecule has 0 bridgehead atoms. The van der Waals surface area contributed by atoms with Crippen LogP contribution in [0, 0.1) is 17.2 Å². The Bertz CT molecular complexity index is 905. The first-order valence-corrected chi connectivity index (χ1v) is 10.7. The lowest BCUT2D eigenvalue weighted by Gasteiger charge is -2.37. The van der Waals surface area contributed by atoms with Crippen LogP contribution >= 0.6 is 0 Å². The lowest BCUT2D eigenvalue weighted by atomic mass is 9.92. The van der Waals surface area contributed by atoms with Crippen LogP contribution in [-0.2, 0) is 4.79 Å². The predicted molar refractivity (Wildman–Crippen MR) is 115 cm³/mol. The van der Waals surface area contributed by atoms with Crippen LogP contribution in [0.4, 0.5) is 5.69 Å². The van der Waals surface area contributed by atoms with Gasteiger partial charge in [0, 0.05) is 56.8 Å². The molecule has 2 aromatic rings. The molecule has 2 aliphatic heterocycles. The minimum atomic E-state index is 0.320. The number of rotatable bonds is 4. The molecule has 3 heterocycles. The Morgan fingerprint density at radius 1 is 1.14 bits per heavy atom. The van der Waals surface area contributed by atoms with Crippen molar-refractivity contribution in [3.63, 3.8) is 0 Å². The van der Waals surface area contributed by atoms with E-state index in [-0.39, 0.29) is 0 Å². The molecule has 152 valence electrons. The van der Waals surface area contributed by atoms with Crippen LogP contribution < -0.4 is 4.90 Å². The van der Waals surface area contributed by atoms with Gasteiger partial charge in [-0.2, -0.15) is 5.26 Å². The standard InChI is InChI=1S/C23H29N5O/c1-2-26-11-13-28(14-12-26)23(29)15-18-7-9-27(10-8-18)22-16-19(17-24)25-21-6-4-3-5-20(21)22/h3-6,16,18H,2,7-15H2,1H3. The second-order valence-electron chi connectivity index (χ2n) is 8.11. The van der Waals surface area contributed by atoms with E-state index in [1.165, 1.54) is 0 Å². The van der Waals surface area contributed by atoms with Gasteiger partial charge in [0.2, 0.25) is 5.91 Å². The SMILES string of the molecule is CCN1CCN(C(=O)CC2CCN(c3cc(C#N)nc4ccccc34)CC2)CC1. The van der Waals surface area contributed by atoms with Crippen LogP contribution in [-0.4, -0.2) is 66.5 Å². The fourth-order valence-electron chi connectivity index (χ4n) is 4.54. The molecule has 0 unspecified atom stereocenters. The number of piperazine rings is 1. The van der Waals surface area contributed by atoms with Gasteiger partial charge in [0.05, 0.1) is 5.52 Å². The second-order valence-corrected chi connectivity index (χ2v) is 8.11. The molecule has 0 atom stereocenters. The Balaban J connectivity index is 1.37. The second kappa shape index (κ2) is 8.79. The lowest BCUT2D eigenvalue weighted by Crippen LogP contribution is -2.49. The van der Waals surface area contributed by atoms with E-state index < -0.39 is 0 Å². The summed E-state index contributed by atoms with van der Waals surface area (Å²) in [6, 6.07) is 12.1. The van der Waals surface area contributed by atoms with Crippen LogP contribution in [0.25, 0.3) is 10.9 Å². The zero-order valence-electron chi connectivity index (χ0n) is 17.2. The van der Waals surface area contributed by atoms with Gasteiger partial charge >= 0.3 is 0 Å². The molecule has 2 aliphatic rings. The summed E-state index contributed by atoms with van der Waals surface area (Å²) in [4.78, 5) is 23.9. The Kier molecular flexibility index (Phi) is 5.96. The molecule has 0 saturated carbocycles. The molecule has 0 N–H and O–H groups in total. The van der Waals surface area contributed by atoms with Gasteiger partial charge in [-0.3, -0.25) is 4.79 Å². The van der Waals surface area contributed by atoms with Crippen LogP contribution in [0.15, 0.2) is 30.3 Å². The molecule has 0 radical (unpaired) electrons. The van der Waals surface area contributed by atoms with Gasteiger partial charge in [0.1, 0.15) is 11.8 Å². The number of hydrogen-bond acceptors (Lipinski definition) is 5. The van der Waals surface area contributed by atoms with Crippen molar-refractivity contribution < 1.29 is 4.79 Å². The van der Waals surface area contributed by atoms with Gasteiger partial charge in [-0.05, 0) is 37.4 Å². The maximum Gasteiger partial charge on any atom is 0.222 e. The zero-order valence-corrected chi connectivity index (χ0v) is 17.2. The maximum absolute atomic E-state index is 12.7. The van der Waals surface area contributed by atoms with E-state index in [0.29, 0.717) is 23.9 Å². The smallest absolute Gasteiger partial charge is 0.222 e. The first kappa shape index (κ1) is 19.7. The van der Waals surface area contributed by atoms with E-state index in [4.69, 9.17) is 0 Å². The topological polar surface area (TPSA) is 63.5 Å². The summed E-state index contributed by atoms with van der Waals surface area (Å²) >= 11 is 0. The van der Waals surface area contributed by atoms with Crippen molar-refractivity contribution in [2.75, 3.05) is 50.7 Å². The Morgan fingerprint density at radius 2 is 1.86 bits per heavy atom. The molecule has 4 rings (SSSR count). The van der Waals surface area contributed by atoms with Gasteiger partial charge in [-0.1, -0.05) is 25.1 Å². The minimum Gasteiger partial charge on any atom is -0.371 e. The number of piperidine rings is 1. The van der Waals surface area contributed by atoms with Crippen molar-refractivity contribution in [1.82, 2.24) is 14.8 Å². The summed E-state index contributed by atoms with van der Waals surface area (Å²) in [7, 11) is 0. The lowest BCUT2D eigenvalue weighted by molar-refractivity contribution is -0.134. The van der Waals surface area contributed by atoms with Gasteiger partial charge in [-0.25, -0.2) is 4.98 Å². The molecule has 6 nitrogen and oxygen atoms in total. The number of carbonyl (C=O) groups is 1. The van der Waals surface area contributed by atoms with Crippen molar-refractivity contribution in [3.05, 3.63) is 36.0 Å². The average molecular weight is 392 g/mol. The fraction of sp³-hybridized carbons (Fsp3) is 0.522. The predicted octanol–water partition coefficient (Wildman–Crippen LogP) is 2.88. The number of amides is 1. The van der Waals surface area contributed by atoms with E-state index in [1.54, 1.807) is 0 Å². The number of anilines is 1. The number of fused-ring (bicyclic) bond motifs is 1. The van der Waals surface area contributed by atoms with E-state index in [0.717, 1.165) is 75.2 Å². The number of likely N-dealkylation sites (N-methyl/N-ethyl adjacent to an activating group) is 1. The first-order valence-electron chi connectivity index (χ1n) is 10.7. The van der Waals surface area contributed by atoms with Gasteiger partial charge in [0.15, 0.2) is 0 Å². The molecule has 1 aromatic carbocycles. The van der Waals surface area contributed by atoms with Crippen molar-refractivity contribution in [2.24, 2.45) is 5.92 Å². The largest absolute Gasteiger partial charge is 0.371 e. The highest BCUT2D eigenvalue weighted by molar-refractivity contribution is 5.92. The van der Waals surface area contributed by atoms with Gasteiger partial charge in [0.25, 0.3) is 0 Å². The van der Waals surface area contributed by atoms with Crippen LogP contribution in [0.2, 0.25) is 0 Å². The molecule has 0 spiro atoms. The number of benzene rings is 1. The molecular weight excluding hydrogens is 362 g/mol. The number of para-hydroxylation sites is 1. The molecule has 6 heteroatoms. The summed E-state index contributed by atoms with van der Waals surface area (Å²) in [5, 5.41) is 10.4. The monoisotopic (exact) mass is 391 g/mol. The summed E-state index contributed by atoms with van der Waals surface area (Å²) in [5.41, 5.74) is 2.42. The van der Waals surface area contributed by atoms with Gasteiger partial charge in [-0.15, -0.1) is 0 Å². The number of pyridine rings is 1. The fourth-order valence-corrected chi connectivity index (χ4v) is 4.54. The van der Waals surface area contributed by atoms with Crippen LogP contribution in [0.3, 0.4) is 0 Å². The Labute approximate surface area is 172 Å². The van der Waals surface area contributed by atoms with Crippen LogP contribution in [0.5, 0.6) is 0 Å². The Hall–Kier alpha value is -2.65. The molecule has 1 amide bonds. The molecule has 1 aromatic heterocycles. The summed E-state index contributed by atoms with van der Waals surface area (Å²) in [6.45, 7) is 8.81. The molecule has 0 aliphatic carbocycles. The van der Waals surface area contributed by atoms with Crippen LogP contribution in [0.1, 0.15) is 31.9 Å². The Morgan fingerprint density at radius 3 is 2.55 bits per heavy atom. The average Bonchev–Trinajstić information content (AvgIpc) is 2.79. The first-order chi connectivity index (χ1) is 14.2. The quantitative estimate of drug-likeness (QED) is 0.802. The van der Waals surface area contributed by atoms with Gasteiger partial charge < -0.3 is 14.7 Å². The highest BCUT2D eigenvalue weighted by atomic mass is 16.2. The van der Waals surface area contributed by atoms with E-state index >= 15 is 0 Å². The minimum absolute atomic E-state index is 0.320. The molecule has 29 heavy (non-hydrogen) atoms. The summed E-state index contributed by atoms with van der Waals surface area (Å²) < 4.78 is 0. The van der Waals surface area contributed by atoms with Crippen molar-refractivity contribution in [3.8, 4) is 6.07 Å². The van der Waals surface area contributed by atoms with Crippen molar-refractivity contribution in [2.45, 2.75) is 26.2 Å². The molecular formula is C23H29N5O. The third-order valence-electron chi connectivity index (χ3n) is 6.40. The third-order valence-corrected chi connectivity index (χ3v) is 6.40. The van der Waals surface area contributed by atoms with E-state index in [2.05, 4.69) is 33.8 Å². The number of hydrogen-bond donors (Lipinski definition) is 0. The van der Waals surface area contributed by atoms with E-state index in [1.807, 2.05) is 29.2 Å². The highest BCUT2D eigenvalue weighted by Crippen LogP contribution is 2.31. The molecule has 2 saturated heterocycles. The molecule has 2 fully saturated rings. The number of carbonyl (C=O) groups excluding carboxylic acids is 1. The summed E-state index contributed by atoms with van der Waals surface area (Å²) in [5.74, 6) is 0.770. The van der Waals surface area contributed by atoms with Crippen molar-refractivity contribution >= 4 is 22.5 Å². The third kappa shape index (κ3) is 4.35.